The number of carboxylic acid groups (broad SMARTS) is 1. The molecule has 0 saturated carbocycles. The van der Waals surface area contributed by atoms with E-state index < -0.39 is 69.8 Å². The van der Waals surface area contributed by atoms with Crippen LogP contribution in [-0.4, -0.2) is 80.0 Å². The average Bonchev–Trinajstić information content (AvgIpc) is 2.93. The topological polar surface area (TPSA) is 200 Å². The molecule has 0 radical (unpaired) electrons. The van der Waals surface area contributed by atoms with Gasteiger partial charge in [-0.3, -0.25) is 19.2 Å². The minimum absolute atomic E-state index is 0.0486. The van der Waals surface area contributed by atoms with Crippen molar-refractivity contribution in [3.63, 3.8) is 0 Å². The lowest BCUT2D eigenvalue weighted by Crippen LogP contribution is -2.60. The highest BCUT2D eigenvalue weighted by molar-refractivity contribution is 7.82. The highest BCUT2D eigenvalue weighted by atomic mass is 32.1. The molecule has 0 bridgehead atoms. The first-order chi connectivity index (χ1) is 20.4. The smallest absolute Gasteiger partial charge is 0.327 e. The summed E-state index contributed by atoms with van der Waals surface area (Å²) in [6.07, 6.45) is 0.195. The van der Waals surface area contributed by atoms with Gasteiger partial charge in [-0.2, -0.15) is 25.3 Å². The van der Waals surface area contributed by atoms with Crippen LogP contribution in [0.3, 0.4) is 0 Å². The lowest BCUT2D eigenvalue weighted by molar-refractivity contribution is -0.143. The van der Waals surface area contributed by atoms with Crippen molar-refractivity contribution in [2.45, 2.75) is 74.2 Å². The van der Waals surface area contributed by atoms with Crippen LogP contribution in [0.4, 0.5) is 0 Å². The van der Waals surface area contributed by atoms with Crippen LogP contribution in [0.5, 0.6) is 5.75 Å². The van der Waals surface area contributed by atoms with E-state index in [4.69, 9.17) is 5.73 Å². The summed E-state index contributed by atoms with van der Waals surface area (Å²) >= 11 is 8.73. The predicted molar refractivity (Wildman–Crippen MR) is 172 cm³/mol. The maximum Gasteiger partial charge on any atom is 0.327 e. The molecule has 0 aliphatic rings. The van der Waals surface area contributed by atoms with Crippen LogP contribution >= 0.6 is 25.3 Å². The van der Waals surface area contributed by atoms with Gasteiger partial charge in [0.15, 0.2) is 0 Å². The van der Waals surface area contributed by atoms with E-state index in [2.05, 4.69) is 46.5 Å². The number of hydrogen-bond donors (Lipinski definition) is 9. The number of carbonyl (C=O) groups excluding carboxylic acids is 4. The number of benzene rings is 2. The van der Waals surface area contributed by atoms with Gasteiger partial charge in [0.05, 0.1) is 12.6 Å². The molecule has 0 aromatic heterocycles. The number of phenols is 1. The zero-order chi connectivity index (χ0) is 33.2. The summed E-state index contributed by atoms with van der Waals surface area (Å²) in [5.74, 6) is -4.02. The first kappa shape index (κ1) is 36.4. The number of hydrogen-bond acceptors (Lipinski definition) is 9. The Morgan fingerprint density at radius 1 is 0.750 bits per heavy atom. The molecule has 0 unspecified atom stereocenters. The number of aliphatic carboxylic acids is 1. The van der Waals surface area contributed by atoms with E-state index in [-0.39, 0.29) is 18.6 Å². The molecule has 4 amide bonds. The molecule has 4 atom stereocenters. The lowest BCUT2D eigenvalue weighted by atomic mass is 10.00. The van der Waals surface area contributed by atoms with Gasteiger partial charge in [0, 0.05) is 15.9 Å². The van der Waals surface area contributed by atoms with Crippen molar-refractivity contribution in [1.29, 1.82) is 0 Å². The van der Waals surface area contributed by atoms with Crippen LogP contribution in [0.1, 0.15) is 38.8 Å². The van der Waals surface area contributed by atoms with E-state index in [0.717, 1.165) is 0 Å². The van der Waals surface area contributed by atoms with E-state index in [9.17, 15) is 34.2 Å². The van der Waals surface area contributed by atoms with Crippen LogP contribution < -0.4 is 27.0 Å². The Morgan fingerprint density at radius 3 is 1.80 bits per heavy atom. The van der Waals surface area contributed by atoms with Crippen molar-refractivity contribution in [3.8, 4) is 5.75 Å². The zero-order valence-corrected chi connectivity index (χ0v) is 26.8. The second-order valence-electron chi connectivity index (χ2n) is 11.5. The molecule has 2 aromatic carbocycles. The van der Waals surface area contributed by atoms with Gasteiger partial charge in [-0.15, -0.1) is 0 Å². The molecule has 44 heavy (non-hydrogen) atoms. The summed E-state index contributed by atoms with van der Waals surface area (Å²) < 4.78 is -2.17. The first-order valence-corrected chi connectivity index (χ1v) is 14.7. The van der Waals surface area contributed by atoms with Crippen LogP contribution in [0.25, 0.3) is 0 Å². The third-order valence-electron chi connectivity index (χ3n) is 6.58. The molecule has 240 valence electrons. The van der Waals surface area contributed by atoms with E-state index in [1.807, 2.05) is 0 Å². The number of nitrogens with one attached hydrogen (secondary N) is 4. The fourth-order valence-corrected chi connectivity index (χ4v) is 4.50. The normalized spacial score (nSPS) is 14.3. The molecule has 8 N–H and O–H groups in total. The molecule has 0 spiro atoms. The van der Waals surface area contributed by atoms with E-state index in [0.29, 0.717) is 11.1 Å². The molecule has 0 heterocycles. The molecule has 0 aliphatic heterocycles. The first-order valence-electron chi connectivity index (χ1n) is 13.8. The Labute approximate surface area is 267 Å². The highest BCUT2D eigenvalue weighted by Gasteiger charge is 2.37. The highest BCUT2D eigenvalue weighted by Crippen LogP contribution is 2.19. The molecule has 12 nitrogen and oxygen atoms in total. The second-order valence-corrected chi connectivity index (χ2v) is 13.8. The maximum atomic E-state index is 13.2. The Bertz CT molecular complexity index is 1310. The number of nitrogens with two attached hydrogens (primary N) is 1. The van der Waals surface area contributed by atoms with Crippen molar-refractivity contribution in [1.82, 2.24) is 21.3 Å². The van der Waals surface area contributed by atoms with Gasteiger partial charge in [-0.1, -0.05) is 42.5 Å². The molecule has 2 rings (SSSR count). The predicted octanol–water partition coefficient (Wildman–Crippen LogP) is 0.577. The van der Waals surface area contributed by atoms with Crippen molar-refractivity contribution >= 4 is 54.9 Å². The number of amides is 4. The second kappa shape index (κ2) is 15.8. The van der Waals surface area contributed by atoms with Crippen molar-refractivity contribution in [2.24, 2.45) is 5.73 Å². The van der Waals surface area contributed by atoms with Gasteiger partial charge in [0.1, 0.15) is 23.9 Å². The fourth-order valence-electron chi connectivity index (χ4n) is 4.15. The van der Waals surface area contributed by atoms with Crippen LogP contribution in [0.15, 0.2) is 54.6 Å². The number of carbonyl (C=O) groups is 5. The SMILES string of the molecule is CC(C)(S)[C@H](NC(=O)[C@H](Cc1ccccc1)NC(=O)CNC(=O)[C@H](NC(=O)[C@@H](N)Cc1ccc(O)cc1)C(C)(C)S)C(=O)O. The average molecular weight is 648 g/mol. The van der Waals surface area contributed by atoms with Gasteiger partial charge in [0.2, 0.25) is 23.6 Å². The summed E-state index contributed by atoms with van der Waals surface area (Å²) in [5, 5.41) is 29.1. The molecule has 2 aromatic rings. The summed E-state index contributed by atoms with van der Waals surface area (Å²) in [6.45, 7) is 5.73. The number of aromatic hydroxyl groups is 1. The summed E-state index contributed by atoms with van der Waals surface area (Å²) in [5.41, 5.74) is 7.46. The quantitative estimate of drug-likeness (QED) is 0.125. The van der Waals surface area contributed by atoms with Gasteiger partial charge in [-0.25, -0.2) is 4.79 Å². The molecule has 0 aliphatic carbocycles. The number of carboxylic acids is 1. The maximum absolute atomic E-state index is 13.2. The van der Waals surface area contributed by atoms with Crippen molar-refractivity contribution < 1.29 is 34.2 Å². The zero-order valence-electron chi connectivity index (χ0n) is 25.0. The number of thiol groups is 2. The Hall–Kier alpha value is -3.75. The Morgan fingerprint density at radius 2 is 1.27 bits per heavy atom. The minimum Gasteiger partial charge on any atom is -0.508 e. The van der Waals surface area contributed by atoms with Crippen molar-refractivity contribution in [3.05, 3.63) is 65.7 Å². The third kappa shape index (κ3) is 11.7. The van der Waals surface area contributed by atoms with Gasteiger partial charge >= 0.3 is 5.97 Å². The molecule has 14 heteroatoms. The summed E-state index contributed by atoms with van der Waals surface area (Å²) in [7, 11) is 0. The molecule has 0 saturated heterocycles. The van der Waals surface area contributed by atoms with Crippen molar-refractivity contribution in [2.75, 3.05) is 6.54 Å². The molecular formula is C30H41N5O7S2. The summed E-state index contributed by atoms with van der Waals surface area (Å²) in [4.78, 5) is 63.8. The van der Waals surface area contributed by atoms with Crippen LogP contribution in [-0.2, 0) is 36.8 Å². The number of phenolic OH excluding ortho intramolecular Hbond substituents is 1. The Kier molecular flexibility index (Phi) is 13.1. The van der Waals surface area contributed by atoms with Crippen LogP contribution in [0, 0.1) is 0 Å². The van der Waals surface area contributed by atoms with Gasteiger partial charge in [-0.05, 0) is 57.4 Å². The lowest BCUT2D eigenvalue weighted by Gasteiger charge is -2.30. The Balaban J connectivity index is 2.09. The molecular weight excluding hydrogens is 606 g/mol. The fraction of sp³-hybridized carbons (Fsp3) is 0.433. The van der Waals surface area contributed by atoms with Gasteiger partial charge in [0.25, 0.3) is 0 Å². The summed E-state index contributed by atoms with van der Waals surface area (Å²) in [6, 6.07) is 10.3. The number of rotatable bonds is 15. The van der Waals surface area contributed by atoms with E-state index >= 15 is 0 Å². The standard InChI is InChI=1S/C30H41N5O7S2/c1-29(2,43)23(34-25(38)20(31)14-18-10-12-19(36)13-11-18)27(40)32-16-22(37)33-21(15-17-8-6-5-7-9-17)26(39)35-24(28(41)42)30(3,4)44/h5-13,20-21,23-24,36,43-44H,14-16,31H2,1-4H3,(H,32,40)(H,33,37)(H,34,38)(H,35,39)(H,41,42)/t20-,21-,23-,24+/m0/s1. The molecule has 0 fully saturated rings. The minimum atomic E-state index is -1.35. The van der Waals surface area contributed by atoms with Crippen LogP contribution in [0.2, 0.25) is 0 Å². The largest absolute Gasteiger partial charge is 0.508 e. The van der Waals surface area contributed by atoms with Gasteiger partial charge < -0.3 is 37.2 Å². The van der Waals surface area contributed by atoms with E-state index in [1.165, 1.54) is 26.0 Å². The van der Waals surface area contributed by atoms with E-state index in [1.54, 1.807) is 56.3 Å². The monoisotopic (exact) mass is 647 g/mol. The third-order valence-corrected chi connectivity index (χ3v) is 7.10.